The van der Waals surface area contributed by atoms with Crippen molar-refractivity contribution >= 4 is 40.1 Å². The molecule has 7 heteroatoms. The number of hydrogen-bond donors (Lipinski definition) is 1. The predicted molar refractivity (Wildman–Crippen MR) is 123 cm³/mol. The number of aliphatic imine (C=N–C) groups is 1. The zero-order valence-electron chi connectivity index (χ0n) is 17.3. The van der Waals surface area contributed by atoms with Crippen LogP contribution < -0.4 is 10.1 Å². The van der Waals surface area contributed by atoms with Gasteiger partial charge in [-0.1, -0.05) is 30.0 Å². The van der Waals surface area contributed by atoms with E-state index < -0.39 is 5.25 Å². The van der Waals surface area contributed by atoms with Crippen LogP contribution in [0.4, 0.5) is 11.4 Å². The Kier molecular flexibility index (Phi) is 6.95. The molecule has 0 aliphatic carbocycles. The second-order valence-electron chi connectivity index (χ2n) is 7.07. The molecule has 1 heterocycles. The number of anilines is 1. The SMILES string of the molecule is C=CCN1C(=O)[C@H](CC(=O)Nc2cccc(OC)c2)SC1=Nc1cc(C)cc(C)c1. The maximum atomic E-state index is 12.9. The number of hydrogen-bond acceptors (Lipinski definition) is 5. The van der Waals surface area contributed by atoms with Gasteiger partial charge in [0, 0.05) is 24.7 Å². The van der Waals surface area contributed by atoms with Gasteiger partial charge in [-0.15, -0.1) is 6.58 Å². The topological polar surface area (TPSA) is 71.0 Å². The molecule has 2 aromatic rings. The summed E-state index contributed by atoms with van der Waals surface area (Å²) in [4.78, 5) is 31.7. The van der Waals surface area contributed by atoms with E-state index in [0.717, 1.165) is 16.8 Å². The number of aryl methyl sites for hydroxylation is 2. The highest BCUT2D eigenvalue weighted by atomic mass is 32.2. The molecule has 30 heavy (non-hydrogen) atoms. The van der Waals surface area contributed by atoms with E-state index in [-0.39, 0.29) is 18.2 Å². The Bertz CT molecular complexity index is 983. The number of carbonyl (C=O) groups excluding carboxylic acids is 2. The summed E-state index contributed by atoms with van der Waals surface area (Å²) in [6, 6.07) is 13.1. The van der Waals surface area contributed by atoms with Crippen molar-refractivity contribution in [3.63, 3.8) is 0 Å². The normalized spacial score (nSPS) is 17.3. The largest absolute Gasteiger partial charge is 0.497 e. The summed E-state index contributed by atoms with van der Waals surface area (Å²) in [6.45, 7) is 8.11. The third-order valence-electron chi connectivity index (χ3n) is 4.49. The average Bonchev–Trinajstić information content (AvgIpc) is 2.96. The summed E-state index contributed by atoms with van der Waals surface area (Å²) >= 11 is 1.31. The monoisotopic (exact) mass is 423 g/mol. The third kappa shape index (κ3) is 5.30. The zero-order valence-corrected chi connectivity index (χ0v) is 18.2. The van der Waals surface area contributed by atoms with E-state index in [1.165, 1.54) is 11.8 Å². The summed E-state index contributed by atoms with van der Waals surface area (Å²) in [6.07, 6.45) is 1.72. The molecule has 0 radical (unpaired) electrons. The van der Waals surface area contributed by atoms with Crippen LogP contribution in [-0.4, -0.2) is 40.8 Å². The molecule has 1 saturated heterocycles. The van der Waals surface area contributed by atoms with Crippen molar-refractivity contribution in [3.05, 3.63) is 66.2 Å². The number of benzene rings is 2. The standard InChI is InChI=1S/C23H25N3O3S/c1-5-9-26-22(28)20(14-21(27)24-17-7-6-8-19(13-17)29-4)30-23(26)25-18-11-15(2)10-16(3)12-18/h5-8,10-13,20H,1,9,14H2,2-4H3,(H,24,27)/t20-/m0/s1. The minimum atomic E-state index is -0.528. The number of thioether (sulfide) groups is 1. The summed E-state index contributed by atoms with van der Waals surface area (Å²) in [5.41, 5.74) is 3.63. The van der Waals surface area contributed by atoms with Gasteiger partial charge >= 0.3 is 0 Å². The molecule has 0 spiro atoms. The first kappa shape index (κ1) is 21.6. The molecule has 2 amide bonds. The maximum absolute atomic E-state index is 12.9. The number of nitrogens with zero attached hydrogens (tertiary/aromatic N) is 2. The first-order valence-electron chi connectivity index (χ1n) is 9.59. The molecule has 0 saturated carbocycles. The molecule has 1 fully saturated rings. The Hall–Kier alpha value is -3.06. The molecule has 1 aliphatic heterocycles. The van der Waals surface area contributed by atoms with Crippen molar-refractivity contribution in [1.82, 2.24) is 4.90 Å². The van der Waals surface area contributed by atoms with Crippen LogP contribution in [0.5, 0.6) is 5.75 Å². The highest BCUT2D eigenvalue weighted by Crippen LogP contribution is 2.32. The first-order valence-corrected chi connectivity index (χ1v) is 10.5. The van der Waals surface area contributed by atoms with Crippen LogP contribution in [0.2, 0.25) is 0 Å². The maximum Gasteiger partial charge on any atom is 0.242 e. The molecule has 0 unspecified atom stereocenters. The first-order chi connectivity index (χ1) is 14.4. The third-order valence-corrected chi connectivity index (χ3v) is 5.66. The smallest absolute Gasteiger partial charge is 0.242 e. The van der Waals surface area contributed by atoms with Crippen molar-refractivity contribution in [2.75, 3.05) is 19.0 Å². The van der Waals surface area contributed by atoms with E-state index in [1.807, 2.05) is 26.0 Å². The summed E-state index contributed by atoms with van der Waals surface area (Å²) in [5.74, 6) is 0.281. The van der Waals surface area contributed by atoms with Crippen LogP contribution in [0.1, 0.15) is 17.5 Å². The molecular weight excluding hydrogens is 398 g/mol. The lowest BCUT2D eigenvalue weighted by molar-refractivity contribution is -0.127. The second kappa shape index (κ2) is 9.63. The molecule has 3 rings (SSSR count). The summed E-state index contributed by atoms with van der Waals surface area (Å²) < 4.78 is 5.17. The quantitative estimate of drug-likeness (QED) is 0.668. The molecule has 1 atom stereocenters. The molecule has 1 aliphatic rings. The van der Waals surface area contributed by atoms with Gasteiger partial charge in [0.25, 0.3) is 0 Å². The van der Waals surface area contributed by atoms with Gasteiger partial charge in [-0.3, -0.25) is 14.5 Å². The van der Waals surface area contributed by atoms with Gasteiger partial charge < -0.3 is 10.1 Å². The number of rotatable bonds is 7. The Morgan fingerprint density at radius 1 is 1.27 bits per heavy atom. The predicted octanol–water partition coefficient (Wildman–Crippen LogP) is 4.46. The van der Waals surface area contributed by atoms with Crippen LogP contribution in [-0.2, 0) is 9.59 Å². The average molecular weight is 424 g/mol. The van der Waals surface area contributed by atoms with Gasteiger partial charge in [0.2, 0.25) is 11.8 Å². The van der Waals surface area contributed by atoms with Crippen LogP contribution in [0.15, 0.2) is 60.1 Å². The van der Waals surface area contributed by atoms with E-state index >= 15 is 0 Å². The molecule has 6 nitrogen and oxygen atoms in total. The van der Waals surface area contributed by atoms with Gasteiger partial charge in [0.05, 0.1) is 12.8 Å². The van der Waals surface area contributed by atoms with Crippen LogP contribution >= 0.6 is 11.8 Å². The molecule has 2 aromatic carbocycles. The van der Waals surface area contributed by atoms with Crippen molar-refractivity contribution in [2.45, 2.75) is 25.5 Å². The highest BCUT2D eigenvalue weighted by molar-refractivity contribution is 8.15. The van der Waals surface area contributed by atoms with Gasteiger partial charge in [0.15, 0.2) is 5.17 Å². The number of carbonyl (C=O) groups is 2. The van der Waals surface area contributed by atoms with Gasteiger partial charge in [-0.25, -0.2) is 4.99 Å². The lowest BCUT2D eigenvalue weighted by Gasteiger charge is -2.14. The fourth-order valence-corrected chi connectivity index (χ4v) is 4.40. The minimum absolute atomic E-state index is 0.0558. The summed E-state index contributed by atoms with van der Waals surface area (Å²) in [5, 5.41) is 2.89. The number of amides is 2. The molecule has 0 aromatic heterocycles. The van der Waals surface area contributed by atoms with Crippen LogP contribution in [0.3, 0.4) is 0 Å². The second-order valence-corrected chi connectivity index (χ2v) is 8.24. The van der Waals surface area contributed by atoms with Crippen molar-refractivity contribution < 1.29 is 14.3 Å². The number of ether oxygens (including phenoxy) is 1. The number of nitrogens with one attached hydrogen (secondary N) is 1. The fourth-order valence-electron chi connectivity index (χ4n) is 3.23. The Labute approximate surface area is 181 Å². The zero-order chi connectivity index (χ0) is 21.7. The van der Waals surface area contributed by atoms with E-state index in [1.54, 1.807) is 42.4 Å². The molecule has 156 valence electrons. The highest BCUT2D eigenvalue weighted by Gasteiger charge is 2.38. The lowest BCUT2D eigenvalue weighted by Crippen LogP contribution is -2.33. The summed E-state index contributed by atoms with van der Waals surface area (Å²) in [7, 11) is 1.57. The van der Waals surface area contributed by atoms with Gasteiger partial charge in [-0.05, 0) is 49.2 Å². The minimum Gasteiger partial charge on any atom is -0.497 e. The van der Waals surface area contributed by atoms with E-state index in [4.69, 9.17) is 4.74 Å². The number of methoxy groups -OCH3 is 1. The molecule has 0 bridgehead atoms. The van der Waals surface area contributed by atoms with Crippen LogP contribution in [0, 0.1) is 13.8 Å². The number of amidine groups is 1. The molecule has 1 N–H and O–H groups in total. The van der Waals surface area contributed by atoms with E-state index in [0.29, 0.717) is 23.1 Å². The van der Waals surface area contributed by atoms with Gasteiger partial charge in [0.1, 0.15) is 11.0 Å². The Morgan fingerprint density at radius 2 is 2.00 bits per heavy atom. The van der Waals surface area contributed by atoms with Crippen molar-refractivity contribution in [2.24, 2.45) is 4.99 Å². The van der Waals surface area contributed by atoms with Crippen molar-refractivity contribution in [3.8, 4) is 5.75 Å². The van der Waals surface area contributed by atoms with Gasteiger partial charge in [-0.2, -0.15) is 0 Å². The Balaban J connectivity index is 1.75. The van der Waals surface area contributed by atoms with Crippen molar-refractivity contribution in [1.29, 1.82) is 0 Å². The van der Waals surface area contributed by atoms with E-state index in [2.05, 4.69) is 23.0 Å². The fraction of sp³-hybridized carbons (Fsp3) is 0.261. The Morgan fingerprint density at radius 3 is 2.67 bits per heavy atom. The van der Waals surface area contributed by atoms with Crippen LogP contribution in [0.25, 0.3) is 0 Å². The molecular formula is C23H25N3O3S. The van der Waals surface area contributed by atoms with E-state index in [9.17, 15) is 9.59 Å². The lowest BCUT2D eigenvalue weighted by atomic mass is 10.1.